The largest absolute Gasteiger partial charge is 0.381 e. The number of amides is 3. The second kappa shape index (κ2) is 6.93. The number of nitrogens with one attached hydrogen (secondary N) is 2. The summed E-state index contributed by atoms with van der Waals surface area (Å²) in [5.41, 5.74) is 2.33. The van der Waals surface area contributed by atoms with Gasteiger partial charge in [0.1, 0.15) is 0 Å². The first-order chi connectivity index (χ1) is 13.0. The van der Waals surface area contributed by atoms with Gasteiger partial charge in [0.2, 0.25) is 0 Å². The second-order valence-corrected chi connectivity index (χ2v) is 8.50. The number of urea groups is 1. The van der Waals surface area contributed by atoms with Gasteiger partial charge in [-0.1, -0.05) is 38.0 Å². The predicted molar refractivity (Wildman–Crippen MR) is 103 cm³/mol. The van der Waals surface area contributed by atoms with E-state index in [1.165, 1.54) is 24.0 Å². The van der Waals surface area contributed by atoms with Crippen molar-refractivity contribution in [2.45, 2.75) is 76.4 Å². The Morgan fingerprint density at radius 2 is 1.96 bits per heavy atom. The zero-order valence-electron chi connectivity index (χ0n) is 16.4. The van der Waals surface area contributed by atoms with Gasteiger partial charge in [-0.2, -0.15) is 0 Å². The molecule has 2 N–H and O–H groups in total. The molecule has 1 atom stereocenters. The Bertz CT molecular complexity index is 752. The Hall–Kier alpha value is -1.88. The molecule has 5 nitrogen and oxygen atoms in total. The van der Waals surface area contributed by atoms with Gasteiger partial charge in [0.15, 0.2) is 5.54 Å². The number of carbonyl (C=O) groups is 2. The van der Waals surface area contributed by atoms with E-state index < -0.39 is 5.54 Å². The first-order valence-electron chi connectivity index (χ1n) is 10.3. The van der Waals surface area contributed by atoms with Gasteiger partial charge >= 0.3 is 6.03 Å². The fourth-order valence-electron chi connectivity index (χ4n) is 5.59. The molecule has 1 aromatic rings. The van der Waals surface area contributed by atoms with Gasteiger partial charge in [-0.25, -0.2) is 4.79 Å². The van der Waals surface area contributed by atoms with Crippen LogP contribution in [-0.2, 0) is 27.9 Å². The van der Waals surface area contributed by atoms with E-state index in [0.29, 0.717) is 0 Å². The lowest BCUT2D eigenvalue weighted by Gasteiger charge is -2.46. The number of benzene rings is 1. The Morgan fingerprint density at radius 1 is 1.19 bits per heavy atom. The van der Waals surface area contributed by atoms with Crippen molar-refractivity contribution >= 4 is 11.9 Å². The highest BCUT2D eigenvalue weighted by atomic mass is 16.5. The van der Waals surface area contributed by atoms with E-state index in [9.17, 15) is 9.59 Å². The third-order valence-corrected chi connectivity index (χ3v) is 7.06. The number of hydrogen-bond donors (Lipinski definition) is 2. The summed E-state index contributed by atoms with van der Waals surface area (Å²) in [4.78, 5) is 25.3. The molecule has 2 fully saturated rings. The van der Waals surface area contributed by atoms with E-state index in [4.69, 9.17) is 4.74 Å². The van der Waals surface area contributed by atoms with Gasteiger partial charge in [-0.3, -0.25) is 10.1 Å². The number of unbranched alkanes of at least 4 members (excludes halogenated alkanes) is 2. The molecule has 27 heavy (non-hydrogen) atoms. The van der Waals surface area contributed by atoms with Crippen molar-refractivity contribution in [2.24, 2.45) is 5.41 Å². The highest BCUT2D eigenvalue weighted by molar-refractivity contribution is 6.08. The van der Waals surface area contributed by atoms with Crippen molar-refractivity contribution < 1.29 is 14.3 Å². The maximum Gasteiger partial charge on any atom is 0.322 e. The van der Waals surface area contributed by atoms with Crippen LogP contribution in [0.3, 0.4) is 0 Å². The molecule has 1 saturated carbocycles. The average molecular weight is 370 g/mol. The van der Waals surface area contributed by atoms with Gasteiger partial charge in [-0.05, 0) is 61.6 Å². The third-order valence-electron chi connectivity index (χ3n) is 7.06. The molecule has 1 aromatic carbocycles. The normalized spacial score (nSPS) is 32.0. The molecule has 1 unspecified atom stereocenters. The Morgan fingerprint density at radius 3 is 2.59 bits per heavy atom. The molecule has 3 aliphatic rings. The van der Waals surface area contributed by atoms with Crippen molar-refractivity contribution in [1.82, 2.24) is 10.6 Å². The minimum absolute atomic E-state index is 0.173. The molecule has 0 bridgehead atoms. The first kappa shape index (κ1) is 18.5. The maximum atomic E-state index is 13.1. The number of imide groups is 1. The van der Waals surface area contributed by atoms with Crippen LogP contribution < -0.4 is 10.6 Å². The summed E-state index contributed by atoms with van der Waals surface area (Å²) in [6.45, 7) is 2.20. The van der Waals surface area contributed by atoms with Crippen LogP contribution in [0.4, 0.5) is 4.79 Å². The number of aryl methyl sites for hydroxylation is 1. The topological polar surface area (TPSA) is 67.4 Å². The van der Waals surface area contributed by atoms with E-state index in [1.807, 2.05) is 0 Å². The summed E-state index contributed by atoms with van der Waals surface area (Å²) < 4.78 is 5.56. The zero-order valence-corrected chi connectivity index (χ0v) is 16.4. The zero-order chi connectivity index (χ0) is 19.1. The first-order valence-corrected chi connectivity index (χ1v) is 10.3. The summed E-state index contributed by atoms with van der Waals surface area (Å²) in [5.74, 6) is -0.173. The quantitative estimate of drug-likeness (QED) is 0.615. The van der Waals surface area contributed by atoms with E-state index in [0.717, 1.165) is 50.5 Å². The number of ether oxygens (including phenoxy) is 1. The van der Waals surface area contributed by atoms with Gasteiger partial charge in [0.25, 0.3) is 5.91 Å². The van der Waals surface area contributed by atoms with Crippen molar-refractivity contribution in [1.29, 1.82) is 0 Å². The Kier molecular flexibility index (Phi) is 4.75. The standard InChI is InChI=1S/C22H30N2O3/c1-3-4-5-6-15-7-8-16-14-21(11-9-17(27-2)10-12-21)22(18(16)13-15)19(25)23-20(26)24-22/h7-8,13,17H,3-6,9-12,14H2,1-2H3,(H2,23,24,25,26). The SMILES string of the molecule is CCCCCc1ccc2c(c1)C1(NC(=O)NC1=O)C1(CCC(OC)CC1)C2. The summed E-state index contributed by atoms with van der Waals surface area (Å²) >= 11 is 0. The Balaban J connectivity index is 1.73. The van der Waals surface area contributed by atoms with Crippen molar-refractivity contribution in [3.05, 3.63) is 34.9 Å². The minimum Gasteiger partial charge on any atom is -0.381 e. The van der Waals surface area contributed by atoms with Crippen molar-refractivity contribution in [2.75, 3.05) is 7.11 Å². The van der Waals surface area contributed by atoms with Crippen LogP contribution in [0.2, 0.25) is 0 Å². The molecule has 3 amide bonds. The van der Waals surface area contributed by atoms with E-state index >= 15 is 0 Å². The number of rotatable bonds is 5. The van der Waals surface area contributed by atoms with Gasteiger partial charge in [0, 0.05) is 12.5 Å². The number of carbonyl (C=O) groups excluding carboxylic acids is 2. The number of methoxy groups -OCH3 is 1. The van der Waals surface area contributed by atoms with Crippen LogP contribution in [0.25, 0.3) is 0 Å². The predicted octanol–water partition coefficient (Wildman–Crippen LogP) is 3.59. The molecular weight excluding hydrogens is 340 g/mol. The molecule has 2 aliphatic carbocycles. The molecular formula is C22H30N2O3. The van der Waals surface area contributed by atoms with Crippen LogP contribution in [0.15, 0.2) is 18.2 Å². The monoisotopic (exact) mass is 370 g/mol. The molecule has 146 valence electrons. The summed E-state index contributed by atoms with van der Waals surface area (Å²) in [7, 11) is 1.76. The minimum atomic E-state index is -0.918. The molecule has 1 heterocycles. The summed E-state index contributed by atoms with van der Waals surface area (Å²) in [5, 5.41) is 5.62. The maximum absolute atomic E-state index is 13.1. The van der Waals surface area contributed by atoms with Crippen LogP contribution >= 0.6 is 0 Å². The van der Waals surface area contributed by atoms with Crippen molar-refractivity contribution in [3.8, 4) is 0 Å². The van der Waals surface area contributed by atoms with Crippen LogP contribution in [0, 0.1) is 5.41 Å². The fourth-order valence-corrected chi connectivity index (χ4v) is 5.59. The molecule has 0 radical (unpaired) electrons. The lowest BCUT2D eigenvalue weighted by Crippen LogP contribution is -2.56. The highest BCUT2D eigenvalue weighted by Crippen LogP contribution is 2.59. The molecule has 1 aliphatic heterocycles. The lowest BCUT2D eigenvalue weighted by atomic mass is 9.61. The van der Waals surface area contributed by atoms with Crippen LogP contribution in [0.1, 0.15) is 68.6 Å². The van der Waals surface area contributed by atoms with E-state index in [1.54, 1.807) is 7.11 Å². The number of fused-ring (bicyclic) bond motifs is 3. The third kappa shape index (κ3) is 2.78. The average Bonchev–Trinajstić information content (AvgIpc) is 3.11. The number of hydrogen-bond acceptors (Lipinski definition) is 3. The van der Waals surface area contributed by atoms with Gasteiger partial charge in [0.05, 0.1) is 6.10 Å². The van der Waals surface area contributed by atoms with Crippen LogP contribution in [0.5, 0.6) is 0 Å². The molecule has 1 saturated heterocycles. The molecule has 4 rings (SSSR count). The molecule has 0 aromatic heterocycles. The van der Waals surface area contributed by atoms with Crippen molar-refractivity contribution in [3.63, 3.8) is 0 Å². The Labute approximate surface area is 161 Å². The van der Waals surface area contributed by atoms with Crippen LogP contribution in [-0.4, -0.2) is 25.2 Å². The molecule has 2 spiro atoms. The molecule has 5 heteroatoms. The van der Waals surface area contributed by atoms with E-state index in [2.05, 4.69) is 35.8 Å². The fraction of sp³-hybridized carbons (Fsp3) is 0.636. The lowest BCUT2D eigenvalue weighted by molar-refractivity contribution is -0.131. The van der Waals surface area contributed by atoms with Gasteiger partial charge in [-0.15, -0.1) is 0 Å². The second-order valence-electron chi connectivity index (χ2n) is 8.50. The summed E-state index contributed by atoms with van der Waals surface area (Å²) in [6.07, 6.45) is 9.31. The summed E-state index contributed by atoms with van der Waals surface area (Å²) in [6, 6.07) is 6.22. The van der Waals surface area contributed by atoms with E-state index in [-0.39, 0.29) is 23.5 Å². The van der Waals surface area contributed by atoms with Gasteiger partial charge < -0.3 is 10.1 Å². The smallest absolute Gasteiger partial charge is 0.322 e. The highest BCUT2D eigenvalue weighted by Gasteiger charge is 2.66.